The molecule has 1 unspecified atom stereocenters. The lowest BCUT2D eigenvalue weighted by Gasteiger charge is -2.23. The zero-order chi connectivity index (χ0) is 17.5. The van der Waals surface area contributed by atoms with Gasteiger partial charge < -0.3 is 4.74 Å². The molecule has 0 N–H and O–H groups in total. The molecule has 4 nitrogen and oxygen atoms in total. The van der Waals surface area contributed by atoms with Crippen molar-refractivity contribution in [1.29, 1.82) is 0 Å². The van der Waals surface area contributed by atoms with Crippen LogP contribution in [0.25, 0.3) is 5.69 Å². The fourth-order valence-corrected chi connectivity index (χ4v) is 4.59. The molecule has 1 aromatic heterocycles. The van der Waals surface area contributed by atoms with E-state index in [1.54, 1.807) is 0 Å². The van der Waals surface area contributed by atoms with Gasteiger partial charge in [-0.3, -0.25) is 4.57 Å². The number of aryl methyl sites for hydroxylation is 2. The number of hydrogen-bond acceptors (Lipinski definition) is 3. The summed E-state index contributed by atoms with van der Waals surface area (Å²) in [5.41, 5.74) is 6.86. The van der Waals surface area contributed by atoms with Gasteiger partial charge in [0.15, 0.2) is 5.82 Å². The summed E-state index contributed by atoms with van der Waals surface area (Å²) >= 11 is 0. The fraction of sp³-hybridized carbons (Fsp3) is 0.364. The number of benzene rings is 2. The molecule has 0 saturated heterocycles. The van der Waals surface area contributed by atoms with Crippen molar-refractivity contribution in [1.82, 2.24) is 14.8 Å². The largest absolute Gasteiger partial charge is 0.369 e. The summed E-state index contributed by atoms with van der Waals surface area (Å²) in [4.78, 5) is 0. The van der Waals surface area contributed by atoms with Crippen LogP contribution in [0, 0.1) is 6.92 Å². The van der Waals surface area contributed by atoms with Crippen molar-refractivity contribution in [3.05, 3.63) is 76.4 Å². The van der Waals surface area contributed by atoms with E-state index in [1.807, 2.05) is 6.92 Å². The van der Waals surface area contributed by atoms with Crippen molar-refractivity contribution in [3.8, 4) is 5.69 Å². The summed E-state index contributed by atoms with van der Waals surface area (Å²) in [6.07, 6.45) is 4.92. The molecule has 2 heterocycles. The molecule has 26 heavy (non-hydrogen) atoms. The van der Waals surface area contributed by atoms with Crippen LogP contribution in [0.15, 0.2) is 42.5 Å². The third-order valence-corrected chi connectivity index (χ3v) is 5.79. The van der Waals surface area contributed by atoms with Gasteiger partial charge in [0.1, 0.15) is 12.4 Å². The molecule has 1 aliphatic carbocycles. The predicted molar refractivity (Wildman–Crippen MR) is 100 cm³/mol. The average molecular weight is 345 g/mol. The van der Waals surface area contributed by atoms with E-state index < -0.39 is 0 Å². The topological polar surface area (TPSA) is 39.9 Å². The second kappa shape index (κ2) is 6.36. The maximum absolute atomic E-state index is 5.99. The molecule has 2 aliphatic rings. The maximum atomic E-state index is 5.99. The number of aromatic nitrogens is 3. The third-order valence-electron chi connectivity index (χ3n) is 5.79. The van der Waals surface area contributed by atoms with E-state index in [-0.39, 0.29) is 0 Å². The molecule has 0 amide bonds. The van der Waals surface area contributed by atoms with E-state index in [0.717, 1.165) is 11.6 Å². The summed E-state index contributed by atoms with van der Waals surface area (Å²) < 4.78 is 8.15. The minimum absolute atomic E-state index is 0.436. The van der Waals surface area contributed by atoms with Crippen molar-refractivity contribution in [2.45, 2.75) is 51.7 Å². The number of hydrogen-bond donors (Lipinski definition) is 0. The molecule has 3 aromatic rings. The smallest absolute Gasteiger partial charge is 0.163 e. The Kier molecular flexibility index (Phi) is 3.86. The summed E-state index contributed by atoms with van der Waals surface area (Å²) in [6, 6.07) is 15.6. The summed E-state index contributed by atoms with van der Waals surface area (Å²) in [5.74, 6) is 2.25. The van der Waals surface area contributed by atoms with Gasteiger partial charge in [-0.1, -0.05) is 42.8 Å². The number of fused-ring (bicyclic) bond motifs is 4. The van der Waals surface area contributed by atoms with Crippen LogP contribution < -0.4 is 0 Å². The molecule has 0 bridgehead atoms. The summed E-state index contributed by atoms with van der Waals surface area (Å²) in [6.45, 7) is 3.16. The zero-order valence-electron chi connectivity index (χ0n) is 15.1. The molecule has 2 aromatic carbocycles. The lowest BCUT2D eigenvalue weighted by molar-refractivity contribution is 0.104. The molecule has 0 radical (unpaired) electrons. The van der Waals surface area contributed by atoms with Crippen LogP contribution in [0.1, 0.15) is 59.1 Å². The molecule has 0 spiro atoms. The van der Waals surface area contributed by atoms with Gasteiger partial charge in [-0.15, -0.1) is 10.2 Å². The lowest BCUT2D eigenvalue weighted by Crippen LogP contribution is -2.09. The molecule has 0 fully saturated rings. The van der Waals surface area contributed by atoms with Gasteiger partial charge in [-0.05, 0) is 48.9 Å². The van der Waals surface area contributed by atoms with Gasteiger partial charge in [0.05, 0.1) is 12.3 Å². The highest BCUT2D eigenvalue weighted by molar-refractivity contribution is 5.52. The Labute approximate surface area is 153 Å². The Morgan fingerprint density at radius 1 is 0.962 bits per heavy atom. The van der Waals surface area contributed by atoms with E-state index in [1.165, 1.54) is 53.6 Å². The van der Waals surface area contributed by atoms with E-state index in [4.69, 9.17) is 4.74 Å². The number of nitrogens with zero attached hydrogens (tertiary/aromatic N) is 3. The highest BCUT2D eigenvalue weighted by Gasteiger charge is 2.26. The zero-order valence-corrected chi connectivity index (χ0v) is 15.1. The van der Waals surface area contributed by atoms with E-state index in [0.29, 0.717) is 19.1 Å². The van der Waals surface area contributed by atoms with Gasteiger partial charge in [0.2, 0.25) is 0 Å². The first-order chi connectivity index (χ1) is 12.8. The first-order valence-electron chi connectivity index (χ1n) is 9.51. The molecular formula is C22H23N3O. The molecule has 1 atom stereocenters. The number of rotatable bonds is 1. The van der Waals surface area contributed by atoms with Crippen LogP contribution in [0.4, 0.5) is 0 Å². The molecule has 1 aliphatic heterocycles. The minimum atomic E-state index is 0.436. The van der Waals surface area contributed by atoms with Gasteiger partial charge in [-0.25, -0.2) is 0 Å². The molecule has 0 saturated carbocycles. The van der Waals surface area contributed by atoms with Gasteiger partial charge in [0.25, 0.3) is 0 Å². The van der Waals surface area contributed by atoms with Crippen LogP contribution in [-0.4, -0.2) is 14.8 Å². The van der Waals surface area contributed by atoms with Gasteiger partial charge in [-0.2, -0.15) is 0 Å². The molecule has 132 valence electrons. The van der Waals surface area contributed by atoms with Crippen LogP contribution in [0.5, 0.6) is 0 Å². The number of ether oxygens (including phenoxy) is 1. The van der Waals surface area contributed by atoms with Crippen LogP contribution in [-0.2, 0) is 24.4 Å². The van der Waals surface area contributed by atoms with Crippen LogP contribution in [0.3, 0.4) is 0 Å². The third kappa shape index (κ3) is 2.48. The fourth-order valence-electron chi connectivity index (χ4n) is 4.59. The quantitative estimate of drug-likeness (QED) is 0.611. The van der Waals surface area contributed by atoms with Gasteiger partial charge in [0, 0.05) is 11.5 Å². The predicted octanol–water partition coefficient (Wildman–Crippen LogP) is 4.46. The molecule has 4 heteroatoms. The Morgan fingerprint density at radius 2 is 1.85 bits per heavy atom. The lowest BCUT2D eigenvalue weighted by atomic mass is 9.83. The minimum Gasteiger partial charge on any atom is -0.369 e. The van der Waals surface area contributed by atoms with E-state index in [9.17, 15) is 0 Å². The first kappa shape index (κ1) is 15.8. The van der Waals surface area contributed by atoms with Crippen molar-refractivity contribution < 1.29 is 4.74 Å². The van der Waals surface area contributed by atoms with Crippen molar-refractivity contribution in [2.24, 2.45) is 0 Å². The highest BCUT2D eigenvalue weighted by atomic mass is 16.5. The monoisotopic (exact) mass is 345 g/mol. The average Bonchev–Trinajstić information content (AvgIpc) is 2.85. The summed E-state index contributed by atoms with van der Waals surface area (Å²) in [5, 5.41) is 8.56. The Bertz CT molecular complexity index is 960. The molecular weight excluding hydrogens is 322 g/mol. The van der Waals surface area contributed by atoms with Crippen molar-refractivity contribution in [2.75, 3.05) is 0 Å². The Hall–Kier alpha value is -2.46. The van der Waals surface area contributed by atoms with E-state index in [2.05, 4.69) is 57.2 Å². The van der Waals surface area contributed by atoms with Crippen molar-refractivity contribution in [3.63, 3.8) is 0 Å². The summed E-state index contributed by atoms with van der Waals surface area (Å²) in [7, 11) is 0. The van der Waals surface area contributed by atoms with Crippen LogP contribution >= 0.6 is 0 Å². The highest BCUT2D eigenvalue weighted by Crippen LogP contribution is 2.39. The Balaban J connectivity index is 1.70. The molecule has 5 rings (SSSR count). The SMILES string of the molecule is Cc1nnc2n1-c1cccc(C3CCCCc4ccccc43)c1COC2. The van der Waals surface area contributed by atoms with Crippen LogP contribution in [0.2, 0.25) is 0 Å². The normalized spacial score (nSPS) is 19.0. The van der Waals surface area contributed by atoms with Gasteiger partial charge >= 0.3 is 0 Å². The maximum Gasteiger partial charge on any atom is 0.163 e. The Morgan fingerprint density at radius 3 is 2.81 bits per heavy atom. The first-order valence-corrected chi connectivity index (χ1v) is 9.51. The van der Waals surface area contributed by atoms with E-state index >= 15 is 0 Å². The van der Waals surface area contributed by atoms with Crippen molar-refractivity contribution >= 4 is 0 Å². The second-order valence-corrected chi connectivity index (χ2v) is 7.33. The standard InChI is InChI=1S/C22H23N3O/c1-15-23-24-22-14-26-13-20-19(11-6-12-21(20)25(15)22)18-10-5-3-8-16-7-2-4-9-17(16)18/h2,4,6-7,9,11-12,18H,3,5,8,10,13-14H2,1H3. The second-order valence-electron chi connectivity index (χ2n) is 7.33.